The van der Waals surface area contributed by atoms with Crippen LogP contribution in [0.3, 0.4) is 0 Å². The number of ether oxygens (including phenoxy) is 2. The van der Waals surface area contributed by atoms with E-state index >= 15 is 0 Å². The number of nitrogens with zero attached hydrogens (tertiary/aromatic N) is 2. The molecular formula is C21H25FN2O4. The number of aliphatic hydroxyl groups excluding tert-OH is 1. The molecule has 2 aromatic rings. The van der Waals surface area contributed by atoms with Crippen molar-refractivity contribution in [2.24, 2.45) is 0 Å². The second-order valence-corrected chi connectivity index (χ2v) is 6.61. The zero-order valence-electron chi connectivity index (χ0n) is 15.9. The molecule has 0 bridgehead atoms. The van der Waals surface area contributed by atoms with Crippen molar-refractivity contribution in [1.82, 2.24) is 4.90 Å². The first kappa shape index (κ1) is 20.3. The van der Waals surface area contributed by atoms with E-state index in [0.29, 0.717) is 44.0 Å². The van der Waals surface area contributed by atoms with Gasteiger partial charge in [0, 0.05) is 25.3 Å². The molecule has 6 nitrogen and oxygen atoms in total. The fourth-order valence-electron chi connectivity index (χ4n) is 3.19. The number of carbonyl (C=O) groups excluding carboxylic acids is 1. The number of aliphatic hydroxyl groups is 1. The number of hydrogen-bond acceptors (Lipinski definition) is 6. The number of rotatable bonds is 7. The standard InChI is InChI=1S/C21H25FN2O4/c1-27-20(25)18-7-5-16(6-8-18)15-24(19-4-2-3-17(13-19)14-22)21(26)23-9-11-28-12-10-23/h2-8,13,21,26H,9-12,14-15H2,1H3. The number of morpholine rings is 1. The quantitative estimate of drug-likeness (QED) is 0.581. The maximum atomic E-state index is 13.2. The third-order valence-corrected chi connectivity index (χ3v) is 4.78. The summed E-state index contributed by atoms with van der Waals surface area (Å²) in [6.07, 6.45) is -0.876. The van der Waals surface area contributed by atoms with Crippen LogP contribution in [-0.4, -0.2) is 55.7 Å². The highest BCUT2D eigenvalue weighted by atomic mass is 19.1. The Morgan fingerprint density at radius 3 is 2.57 bits per heavy atom. The largest absolute Gasteiger partial charge is 0.465 e. The molecule has 1 unspecified atom stereocenters. The SMILES string of the molecule is COC(=O)c1ccc(CN(c2cccc(CF)c2)C(O)N2CCOCC2)cc1. The van der Waals surface area contributed by atoms with Crippen LogP contribution >= 0.6 is 0 Å². The van der Waals surface area contributed by atoms with Crippen molar-refractivity contribution in [3.63, 3.8) is 0 Å². The Bertz CT molecular complexity index is 778. The number of esters is 1. The van der Waals surface area contributed by atoms with E-state index in [1.54, 1.807) is 30.3 Å². The molecule has 0 aromatic heterocycles. The van der Waals surface area contributed by atoms with E-state index in [9.17, 15) is 14.3 Å². The van der Waals surface area contributed by atoms with E-state index < -0.39 is 19.0 Å². The van der Waals surface area contributed by atoms with Gasteiger partial charge < -0.3 is 19.5 Å². The highest BCUT2D eigenvalue weighted by Crippen LogP contribution is 2.23. The second-order valence-electron chi connectivity index (χ2n) is 6.61. The third-order valence-electron chi connectivity index (χ3n) is 4.78. The van der Waals surface area contributed by atoms with Crippen LogP contribution in [0.5, 0.6) is 0 Å². The topological polar surface area (TPSA) is 62.2 Å². The maximum absolute atomic E-state index is 13.2. The smallest absolute Gasteiger partial charge is 0.337 e. The molecule has 2 aromatic carbocycles. The lowest BCUT2D eigenvalue weighted by molar-refractivity contribution is -0.0597. The molecule has 1 saturated heterocycles. The minimum atomic E-state index is -0.876. The monoisotopic (exact) mass is 388 g/mol. The number of alkyl halides is 1. The lowest BCUT2D eigenvalue weighted by atomic mass is 10.1. The summed E-state index contributed by atoms with van der Waals surface area (Å²) in [6, 6.07) is 14.1. The molecule has 0 aliphatic carbocycles. The Balaban J connectivity index is 1.85. The average Bonchev–Trinajstić information content (AvgIpc) is 2.77. The van der Waals surface area contributed by atoms with E-state index in [2.05, 4.69) is 0 Å². The molecule has 1 N–H and O–H groups in total. The van der Waals surface area contributed by atoms with Crippen molar-refractivity contribution < 1.29 is 23.8 Å². The molecule has 0 saturated carbocycles. The zero-order chi connectivity index (χ0) is 19.9. The van der Waals surface area contributed by atoms with Crippen LogP contribution in [0.15, 0.2) is 48.5 Å². The van der Waals surface area contributed by atoms with E-state index in [1.807, 2.05) is 28.0 Å². The predicted molar refractivity (Wildman–Crippen MR) is 104 cm³/mol. The first-order chi connectivity index (χ1) is 13.6. The summed E-state index contributed by atoms with van der Waals surface area (Å²) in [6.45, 7) is 2.18. The third kappa shape index (κ3) is 4.86. The zero-order valence-corrected chi connectivity index (χ0v) is 15.9. The highest BCUT2D eigenvalue weighted by molar-refractivity contribution is 5.89. The number of carbonyl (C=O) groups is 1. The first-order valence-electron chi connectivity index (χ1n) is 9.21. The Hall–Kier alpha value is -2.48. The van der Waals surface area contributed by atoms with Gasteiger partial charge in [-0.1, -0.05) is 24.3 Å². The number of halogens is 1. The fraction of sp³-hybridized carbons (Fsp3) is 0.381. The predicted octanol–water partition coefficient (Wildman–Crippen LogP) is 2.56. The van der Waals surface area contributed by atoms with Gasteiger partial charge in [-0.05, 0) is 35.4 Å². The molecule has 1 heterocycles. The average molecular weight is 388 g/mol. The van der Waals surface area contributed by atoms with Gasteiger partial charge in [-0.2, -0.15) is 0 Å². The maximum Gasteiger partial charge on any atom is 0.337 e. The van der Waals surface area contributed by atoms with Crippen molar-refractivity contribution in [2.45, 2.75) is 19.6 Å². The van der Waals surface area contributed by atoms with Gasteiger partial charge in [-0.15, -0.1) is 0 Å². The van der Waals surface area contributed by atoms with Gasteiger partial charge in [0.25, 0.3) is 0 Å². The highest BCUT2D eigenvalue weighted by Gasteiger charge is 2.25. The van der Waals surface area contributed by atoms with Crippen LogP contribution in [0.2, 0.25) is 0 Å². The van der Waals surface area contributed by atoms with Gasteiger partial charge >= 0.3 is 5.97 Å². The van der Waals surface area contributed by atoms with Gasteiger partial charge in [-0.25, -0.2) is 9.18 Å². The van der Waals surface area contributed by atoms with Crippen molar-refractivity contribution >= 4 is 11.7 Å². The van der Waals surface area contributed by atoms with Gasteiger partial charge in [0.05, 0.1) is 25.9 Å². The number of anilines is 1. The summed E-state index contributed by atoms with van der Waals surface area (Å²) in [4.78, 5) is 15.4. The van der Waals surface area contributed by atoms with E-state index in [4.69, 9.17) is 9.47 Å². The Morgan fingerprint density at radius 1 is 1.21 bits per heavy atom. The Kier molecular flexibility index (Phi) is 6.97. The first-order valence-corrected chi connectivity index (χ1v) is 9.21. The molecule has 1 fully saturated rings. The van der Waals surface area contributed by atoms with Crippen LogP contribution in [0.25, 0.3) is 0 Å². The molecule has 1 aliphatic rings. The van der Waals surface area contributed by atoms with Crippen LogP contribution in [-0.2, 0) is 22.7 Å². The Labute approximate surface area is 164 Å². The summed E-state index contributed by atoms with van der Waals surface area (Å²) >= 11 is 0. The summed E-state index contributed by atoms with van der Waals surface area (Å²) < 4.78 is 23.3. The number of hydrogen-bond donors (Lipinski definition) is 1. The molecule has 0 amide bonds. The fourth-order valence-corrected chi connectivity index (χ4v) is 3.19. The molecule has 1 atom stereocenters. The van der Waals surface area contributed by atoms with E-state index in [0.717, 1.165) is 11.3 Å². The molecule has 1 aliphatic heterocycles. The number of methoxy groups -OCH3 is 1. The molecular weight excluding hydrogens is 363 g/mol. The van der Waals surface area contributed by atoms with Crippen LogP contribution in [0, 0.1) is 0 Å². The lowest BCUT2D eigenvalue weighted by Gasteiger charge is -2.39. The van der Waals surface area contributed by atoms with E-state index in [-0.39, 0.29) is 0 Å². The van der Waals surface area contributed by atoms with Crippen molar-refractivity contribution in [3.8, 4) is 0 Å². The summed E-state index contributed by atoms with van der Waals surface area (Å²) in [7, 11) is 1.34. The van der Waals surface area contributed by atoms with Gasteiger partial charge in [0.2, 0.25) is 0 Å². The lowest BCUT2D eigenvalue weighted by Crippen LogP contribution is -2.52. The van der Waals surface area contributed by atoms with Crippen LogP contribution < -0.4 is 4.90 Å². The molecule has 150 valence electrons. The Morgan fingerprint density at radius 2 is 1.93 bits per heavy atom. The summed E-state index contributed by atoms with van der Waals surface area (Å²) in [5.41, 5.74) is 2.65. The van der Waals surface area contributed by atoms with Gasteiger partial charge in [0.15, 0.2) is 6.35 Å². The van der Waals surface area contributed by atoms with Gasteiger partial charge in [0.1, 0.15) is 6.67 Å². The van der Waals surface area contributed by atoms with Crippen molar-refractivity contribution in [1.29, 1.82) is 0 Å². The normalized spacial score (nSPS) is 15.8. The molecule has 0 radical (unpaired) electrons. The van der Waals surface area contributed by atoms with Gasteiger partial charge in [-0.3, -0.25) is 4.90 Å². The molecule has 0 spiro atoms. The minimum Gasteiger partial charge on any atom is -0.465 e. The molecule has 7 heteroatoms. The summed E-state index contributed by atoms with van der Waals surface area (Å²) in [5.74, 6) is -0.396. The van der Waals surface area contributed by atoms with Crippen molar-refractivity contribution in [3.05, 3.63) is 65.2 Å². The second kappa shape index (κ2) is 9.64. The molecule has 28 heavy (non-hydrogen) atoms. The summed E-state index contributed by atoms with van der Waals surface area (Å²) in [5, 5.41) is 11.0. The number of benzene rings is 2. The van der Waals surface area contributed by atoms with Crippen molar-refractivity contribution in [2.75, 3.05) is 38.3 Å². The van der Waals surface area contributed by atoms with Crippen LogP contribution in [0.4, 0.5) is 10.1 Å². The molecule has 3 rings (SSSR count). The van der Waals surface area contributed by atoms with Crippen LogP contribution in [0.1, 0.15) is 21.5 Å². The van der Waals surface area contributed by atoms with E-state index in [1.165, 1.54) is 7.11 Å². The minimum absolute atomic E-state index is 0.396.